The summed E-state index contributed by atoms with van der Waals surface area (Å²) in [4.78, 5) is 4.65. The van der Waals surface area contributed by atoms with E-state index in [0.717, 1.165) is 24.9 Å². The Morgan fingerprint density at radius 2 is 1.62 bits per heavy atom. The molecule has 2 heteroatoms. The largest absolute Gasteiger partial charge is 0.328 e. The first-order valence-electron chi connectivity index (χ1n) is 10.2. The van der Waals surface area contributed by atoms with Crippen molar-refractivity contribution in [3.63, 3.8) is 0 Å². The zero-order valence-corrected chi connectivity index (χ0v) is 17.5. The van der Waals surface area contributed by atoms with Crippen LogP contribution in [0.15, 0.2) is 48.5 Å². The third kappa shape index (κ3) is 6.33. The summed E-state index contributed by atoms with van der Waals surface area (Å²) >= 11 is 0. The van der Waals surface area contributed by atoms with Crippen LogP contribution < -0.4 is 0 Å². The molecule has 0 aliphatic carbocycles. The number of aryl methyl sites for hydroxylation is 4. The molecule has 26 heavy (non-hydrogen) atoms. The quantitative estimate of drug-likeness (QED) is 0.484. The average molecular weight is 353 g/mol. The number of aromatic nitrogens is 2. The molecular formula is C24H36N2. The van der Waals surface area contributed by atoms with Gasteiger partial charge in [0.15, 0.2) is 0 Å². The molecule has 0 saturated heterocycles. The molecule has 0 radical (unpaired) electrons. The SMILES string of the molecule is CC.CCCCn1c(CC)nc2ccccc21.CCc1cccc(C)c1. The fraction of sp³-hybridized carbons (Fsp3) is 0.458. The smallest absolute Gasteiger partial charge is 0.109 e. The van der Waals surface area contributed by atoms with Gasteiger partial charge in [0, 0.05) is 13.0 Å². The molecule has 0 spiro atoms. The molecule has 0 unspecified atom stereocenters. The number of fused-ring (bicyclic) bond motifs is 1. The van der Waals surface area contributed by atoms with E-state index < -0.39 is 0 Å². The number of benzene rings is 2. The summed E-state index contributed by atoms with van der Waals surface area (Å²) in [7, 11) is 0. The molecule has 0 saturated carbocycles. The third-order valence-corrected chi connectivity index (χ3v) is 4.28. The fourth-order valence-electron chi connectivity index (χ4n) is 2.89. The van der Waals surface area contributed by atoms with Gasteiger partial charge in [0.2, 0.25) is 0 Å². The maximum absolute atomic E-state index is 4.65. The van der Waals surface area contributed by atoms with Crippen LogP contribution >= 0.6 is 0 Å². The van der Waals surface area contributed by atoms with E-state index in [-0.39, 0.29) is 0 Å². The first-order valence-corrected chi connectivity index (χ1v) is 10.2. The Morgan fingerprint density at radius 3 is 2.19 bits per heavy atom. The van der Waals surface area contributed by atoms with E-state index in [1.54, 1.807) is 0 Å². The lowest BCUT2D eigenvalue weighted by atomic mass is 10.1. The second-order valence-electron chi connectivity index (χ2n) is 6.22. The Morgan fingerprint density at radius 1 is 0.885 bits per heavy atom. The molecule has 142 valence electrons. The van der Waals surface area contributed by atoms with Crippen LogP contribution in [-0.2, 0) is 19.4 Å². The lowest BCUT2D eigenvalue weighted by Gasteiger charge is -2.06. The average Bonchev–Trinajstić information content (AvgIpc) is 3.06. The van der Waals surface area contributed by atoms with Crippen LogP contribution in [0.25, 0.3) is 11.0 Å². The van der Waals surface area contributed by atoms with Gasteiger partial charge in [0.25, 0.3) is 0 Å². The molecule has 1 heterocycles. The molecule has 3 aromatic rings. The summed E-state index contributed by atoms with van der Waals surface area (Å²) in [6.07, 6.45) is 4.61. The summed E-state index contributed by atoms with van der Waals surface area (Å²) in [5, 5.41) is 0. The number of rotatable bonds is 5. The van der Waals surface area contributed by atoms with Gasteiger partial charge in [-0.25, -0.2) is 4.98 Å². The van der Waals surface area contributed by atoms with Crippen LogP contribution in [0.5, 0.6) is 0 Å². The summed E-state index contributed by atoms with van der Waals surface area (Å²) in [6, 6.07) is 17.0. The molecule has 2 aromatic carbocycles. The van der Waals surface area contributed by atoms with Crippen molar-refractivity contribution in [3.8, 4) is 0 Å². The summed E-state index contributed by atoms with van der Waals surface area (Å²) in [5.41, 5.74) is 5.19. The van der Waals surface area contributed by atoms with E-state index in [1.807, 2.05) is 13.8 Å². The van der Waals surface area contributed by atoms with Crippen LogP contribution in [0, 0.1) is 6.92 Å². The van der Waals surface area contributed by atoms with Gasteiger partial charge in [-0.3, -0.25) is 0 Å². The van der Waals surface area contributed by atoms with Gasteiger partial charge >= 0.3 is 0 Å². The number of unbranched alkanes of at least 4 members (excludes halogenated alkanes) is 1. The van der Waals surface area contributed by atoms with Gasteiger partial charge < -0.3 is 4.57 Å². The Hall–Kier alpha value is -2.09. The normalized spacial score (nSPS) is 9.92. The third-order valence-electron chi connectivity index (χ3n) is 4.28. The molecule has 0 fully saturated rings. The highest BCUT2D eigenvalue weighted by Crippen LogP contribution is 2.17. The van der Waals surface area contributed by atoms with Crippen molar-refractivity contribution in [3.05, 3.63) is 65.5 Å². The lowest BCUT2D eigenvalue weighted by Crippen LogP contribution is -2.02. The molecule has 0 atom stereocenters. The van der Waals surface area contributed by atoms with Gasteiger partial charge in [-0.2, -0.15) is 0 Å². The van der Waals surface area contributed by atoms with E-state index in [1.165, 1.54) is 35.3 Å². The number of para-hydroxylation sites is 2. The Labute approximate surface area is 160 Å². The van der Waals surface area contributed by atoms with Gasteiger partial charge in [0.1, 0.15) is 5.82 Å². The molecular weight excluding hydrogens is 316 g/mol. The Kier molecular flexibility index (Phi) is 10.4. The zero-order chi connectivity index (χ0) is 19.4. The van der Waals surface area contributed by atoms with E-state index in [4.69, 9.17) is 0 Å². The zero-order valence-electron chi connectivity index (χ0n) is 17.5. The van der Waals surface area contributed by atoms with Crippen molar-refractivity contribution in [1.29, 1.82) is 0 Å². The first kappa shape index (κ1) is 22.0. The summed E-state index contributed by atoms with van der Waals surface area (Å²) < 4.78 is 2.36. The van der Waals surface area contributed by atoms with E-state index in [9.17, 15) is 0 Å². The predicted molar refractivity (Wildman–Crippen MR) is 116 cm³/mol. The van der Waals surface area contributed by atoms with Gasteiger partial charge in [-0.05, 0) is 37.5 Å². The molecule has 1 aromatic heterocycles. The fourth-order valence-corrected chi connectivity index (χ4v) is 2.89. The minimum atomic E-state index is 1.01. The van der Waals surface area contributed by atoms with E-state index in [2.05, 4.69) is 85.8 Å². The number of hydrogen-bond acceptors (Lipinski definition) is 1. The van der Waals surface area contributed by atoms with Gasteiger partial charge in [0.05, 0.1) is 11.0 Å². The number of hydrogen-bond donors (Lipinski definition) is 0. The second-order valence-corrected chi connectivity index (χ2v) is 6.22. The summed E-state index contributed by atoms with van der Waals surface area (Å²) in [6.45, 7) is 13.8. The minimum absolute atomic E-state index is 1.01. The van der Waals surface area contributed by atoms with E-state index >= 15 is 0 Å². The molecule has 0 aliphatic rings. The molecule has 0 bridgehead atoms. The van der Waals surface area contributed by atoms with Gasteiger partial charge in [-0.1, -0.05) is 83.0 Å². The van der Waals surface area contributed by atoms with Gasteiger partial charge in [-0.15, -0.1) is 0 Å². The van der Waals surface area contributed by atoms with Crippen LogP contribution in [0.4, 0.5) is 0 Å². The van der Waals surface area contributed by atoms with Crippen molar-refractivity contribution in [2.75, 3.05) is 0 Å². The standard InChI is InChI=1S/C13H18N2.C9H12.C2H6/c1-3-5-10-15-12-9-7-6-8-11(12)14-13(15)4-2;1-3-9-6-4-5-8(2)7-9;1-2/h6-9H,3-5,10H2,1-2H3;4-7H,3H2,1-2H3;1-2H3. The van der Waals surface area contributed by atoms with Crippen LogP contribution in [0.2, 0.25) is 0 Å². The molecule has 0 amide bonds. The Bertz CT molecular complexity index is 756. The van der Waals surface area contributed by atoms with Crippen molar-refractivity contribution < 1.29 is 0 Å². The minimum Gasteiger partial charge on any atom is -0.328 e. The van der Waals surface area contributed by atoms with Crippen LogP contribution in [0.1, 0.15) is 64.4 Å². The maximum Gasteiger partial charge on any atom is 0.109 e. The molecule has 2 nitrogen and oxygen atoms in total. The first-order chi connectivity index (χ1) is 12.7. The van der Waals surface area contributed by atoms with Crippen molar-refractivity contribution in [1.82, 2.24) is 9.55 Å². The highest BCUT2D eigenvalue weighted by molar-refractivity contribution is 5.75. The topological polar surface area (TPSA) is 17.8 Å². The monoisotopic (exact) mass is 352 g/mol. The molecule has 0 aliphatic heterocycles. The summed E-state index contributed by atoms with van der Waals surface area (Å²) in [5.74, 6) is 1.21. The van der Waals surface area contributed by atoms with Crippen LogP contribution in [0.3, 0.4) is 0 Å². The van der Waals surface area contributed by atoms with Crippen molar-refractivity contribution >= 4 is 11.0 Å². The van der Waals surface area contributed by atoms with Crippen molar-refractivity contribution in [2.45, 2.75) is 73.8 Å². The Balaban J connectivity index is 0.000000263. The molecule has 3 rings (SSSR count). The number of imidazole rings is 1. The second kappa shape index (κ2) is 12.3. The van der Waals surface area contributed by atoms with Crippen molar-refractivity contribution in [2.24, 2.45) is 0 Å². The highest BCUT2D eigenvalue weighted by atomic mass is 15.1. The number of nitrogens with zero attached hydrogens (tertiary/aromatic N) is 2. The van der Waals surface area contributed by atoms with E-state index in [0.29, 0.717) is 0 Å². The lowest BCUT2D eigenvalue weighted by molar-refractivity contribution is 0.620. The van der Waals surface area contributed by atoms with Crippen LogP contribution in [-0.4, -0.2) is 9.55 Å². The molecule has 0 N–H and O–H groups in total. The maximum atomic E-state index is 4.65. The predicted octanol–water partition coefficient (Wildman–Crippen LogP) is 6.98. The highest BCUT2D eigenvalue weighted by Gasteiger charge is 2.07.